The second kappa shape index (κ2) is 6.18. The molecule has 17 heavy (non-hydrogen) atoms. The maximum absolute atomic E-state index is 5.27. The van der Waals surface area contributed by atoms with E-state index in [9.17, 15) is 0 Å². The van der Waals surface area contributed by atoms with E-state index in [4.69, 9.17) is 4.74 Å². The minimum atomic E-state index is 0.221. The minimum Gasteiger partial charge on any atom is -0.384 e. The molecule has 0 aromatic heterocycles. The van der Waals surface area contributed by atoms with E-state index >= 15 is 0 Å². The van der Waals surface area contributed by atoms with Crippen LogP contribution in [0.3, 0.4) is 0 Å². The Labute approximate surface area is 105 Å². The number of likely N-dealkylation sites (N-methyl/N-ethyl adjacent to an activating group) is 1. The third kappa shape index (κ3) is 4.14. The molecule has 1 aromatic carbocycles. The molecule has 0 amide bonds. The van der Waals surface area contributed by atoms with Crippen LogP contribution in [-0.2, 0) is 10.2 Å². The summed E-state index contributed by atoms with van der Waals surface area (Å²) in [6, 6.07) is 8.91. The van der Waals surface area contributed by atoms with Crippen LogP contribution in [0.25, 0.3) is 0 Å². The third-order valence-electron chi connectivity index (χ3n) is 3.07. The average molecular weight is 235 g/mol. The Morgan fingerprint density at radius 1 is 1.18 bits per heavy atom. The lowest BCUT2D eigenvalue weighted by molar-refractivity contribution is 0.178. The van der Waals surface area contributed by atoms with Gasteiger partial charge in [0.05, 0.1) is 6.61 Å². The van der Waals surface area contributed by atoms with E-state index in [1.807, 2.05) is 7.05 Å². The van der Waals surface area contributed by atoms with E-state index in [0.717, 1.165) is 13.2 Å². The van der Waals surface area contributed by atoms with Crippen molar-refractivity contribution in [3.63, 3.8) is 0 Å². The van der Waals surface area contributed by atoms with Gasteiger partial charge in [-0.2, -0.15) is 0 Å². The highest BCUT2D eigenvalue weighted by Crippen LogP contribution is 2.24. The first-order chi connectivity index (χ1) is 7.99. The van der Waals surface area contributed by atoms with E-state index in [1.54, 1.807) is 7.11 Å². The summed E-state index contributed by atoms with van der Waals surface area (Å²) in [5, 5.41) is 3.22. The first-order valence-corrected chi connectivity index (χ1v) is 6.23. The molecule has 0 aliphatic heterocycles. The number of rotatable bonds is 5. The van der Waals surface area contributed by atoms with Crippen LogP contribution >= 0.6 is 0 Å². The molecule has 0 bridgehead atoms. The van der Waals surface area contributed by atoms with Gasteiger partial charge in [0.15, 0.2) is 0 Å². The van der Waals surface area contributed by atoms with Crippen molar-refractivity contribution < 1.29 is 4.74 Å². The van der Waals surface area contributed by atoms with Gasteiger partial charge in [0.25, 0.3) is 0 Å². The summed E-state index contributed by atoms with van der Waals surface area (Å²) >= 11 is 0. The molecule has 0 aliphatic carbocycles. The first-order valence-electron chi connectivity index (χ1n) is 6.23. The molecular weight excluding hydrogens is 210 g/mol. The Morgan fingerprint density at radius 2 is 1.76 bits per heavy atom. The topological polar surface area (TPSA) is 21.3 Å². The Balaban J connectivity index is 2.84. The quantitative estimate of drug-likeness (QED) is 0.847. The van der Waals surface area contributed by atoms with Gasteiger partial charge < -0.3 is 10.1 Å². The van der Waals surface area contributed by atoms with Gasteiger partial charge in [-0.25, -0.2) is 0 Å². The molecule has 1 rings (SSSR count). The largest absolute Gasteiger partial charge is 0.384 e. The van der Waals surface area contributed by atoms with Crippen molar-refractivity contribution in [3.05, 3.63) is 35.4 Å². The highest BCUT2D eigenvalue weighted by atomic mass is 16.5. The van der Waals surface area contributed by atoms with Crippen LogP contribution in [0, 0.1) is 0 Å². The molecule has 0 aliphatic rings. The zero-order valence-corrected chi connectivity index (χ0v) is 11.7. The van der Waals surface area contributed by atoms with Gasteiger partial charge in [-0.05, 0) is 23.6 Å². The molecule has 96 valence electrons. The molecule has 0 radical (unpaired) electrons. The number of ether oxygens (including phenoxy) is 1. The van der Waals surface area contributed by atoms with Crippen LogP contribution < -0.4 is 5.32 Å². The van der Waals surface area contributed by atoms with Crippen molar-refractivity contribution in [2.75, 3.05) is 27.3 Å². The van der Waals surface area contributed by atoms with Crippen molar-refractivity contribution in [2.45, 2.75) is 32.1 Å². The molecule has 0 saturated heterocycles. The highest BCUT2D eigenvalue weighted by molar-refractivity contribution is 5.29. The van der Waals surface area contributed by atoms with Crippen molar-refractivity contribution >= 4 is 0 Å². The Kier molecular flexibility index (Phi) is 5.16. The summed E-state index contributed by atoms with van der Waals surface area (Å²) in [4.78, 5) is 0. The molecular formula is C15H25NO. The molecule has 2 nitrogen and oxygen atoms in total. The Morgan fingerprint density at radius 3 is 2.18 bits per heavy atom. The number of nitrogens with one attached hydrogen (secondary N) is 1. The predicted octanol–water partition coefficient (Wildman–Crippen LogP) is 2.93. The van der Waals surface area contributed by atoms with Gasteiger partial charge in [0.2, 0.25) is 0 Å². The first kappa shape index (κ1) is 14.2. The summed E-state index contributed by atoms with van der Waals surface area (Å²) in [7, 11) is 3.73. The fourth-order valence-corrected chi connectivity index (χ4v) is 1.98. The third-order valence-corrected chi connectivity index (χ3v) is 3.07. The van der Waals surface area contributed by atoms with E-state index in [-0.39, 0.29) is 5.41 Å². The summed E-state index contributed by atoms with van der Waals surface area (Å²) in [5.41, 5.74) is 2.94. The van der Waals surface area contributed by atoms with E-state index < -0.39 is 0 Å². The van der Waals surface area contributed by atoms with Gasteiger partial charge in [-0.1, -0.05) is 45.0 Å². The van der Waals surface area contributed by atoms with Gasteiger partial charge in [0.1, 0.15) is 0 Å². The monoisotopic (exact) mass is 235 g/mol. The molecule has 1 unspecified atom stereocenters. The highest BCUT2D eigenvalue weighted by Gasteiger charge is 2.15. The van der Waals surface area contributed by atoms with Crippen molar-refractivity contribution in [2.24, 2.45) is 0 Å². The molecule has 1 N–H and O–H groups in total. The lowest BCUT2D eigenvalue weighted by Gasteiger charge is -2.21. The van der Waals surface area contributed by atoms with E-state index in [1.165, 1.54) is 11.1 Å². The summed E-state index contributed by atoms with van der Waals surface area (Å²) in [6.45, 7) is 8.42. The molecule has 2 heteroatoms. The summed E-state index contributed by atoms with van der Waals surface area (Å²) < 4.78 is 5.27. The lowest BCUT2D eigenvalue weighted by atomic mass is 9.85. The number of hydrogen-bond donors (Lipinski definition) is 1. The standard InChI is InChI=1S/C15H25NO/c1-15(2,3)14-8-6-12(7-9-14)13(10-16-4)11-17-5/h6-9,13,16H,10-11H2,1-5H3. The number of methoxy groups -OCH3 is 1. The maximum atomic E-state index is 5.27. The molecule has 1 atom stereocenters. The van der Waals surface area contributed by atoms with Crippen molar-refractivity contribution in [1.82, 2.24) is 5.32 Å². The molecule has 1 aromatic rings. The van der Waals surface area contributed by atoms with Crippen molar-refractivity contribution in [1.29, 1.82) is 0 Å². The summed E-state index contributed by atoms with van der Waals surface area (Å²) in [6.07, 6.45) is 0. The van der Waals surface area contributed by atoms with Crippen LogP contribution in [-0.4, -0.2) is 27.3 Å². The molecule has 0 spiro atoms. The van der Waals surface area contributed by atoms with E-state index in [2.05, 4.69) is 50.4 Å². The fourth-order valence-electron chi connectivity index (χ4n) is 1.98. The van der Waals surface area contributed by atoms with Gasteiger partial charge in [-0.3, -0.25) is 0 Å². The van der Waals surface area contributed by atoms with Crippen LogP contribution in [0.5, 0.6) is 0 Å². The second-order valence-corrected chi connectivity index (χ2v) is 5.58. The fraction of sp³-hybridized carbons (Fsp3) is 0.600. The number of hydrogen-bond acceptors (Lipinski definition) is 2. The van der Waals surface area contributed by atoms with E-state index in [0.29, 0.717) is 5.92 Å². The normalized spacial score (nSPS) is 13.7. The zero-order chi connectivity index (χ0) is 12.9. The van der Waals surface area contributed by atoms with Gasteiger partial charge >= 0.3 is 0 Å². The lowest BCUT2D eigenvalue weighted by Crippen LogP contribution is -2.21. The predicted molar refractivity (Wildman–Crippen MR) is 73.7 cm³/mol. The van der Waals surface area contributed by atoms with Crippen LogP contribution in [0.4, 0.5) is 0 Å². The average Bonchev–Trinajstić information content (AvgIpc) is 2.28. The van der Waals surface area contributed by atoms with Crippen LogP contribution in [0.2, 0.25) is 0 Å². The molecule has 0 heterocycles. The second-order valence-electron chi connectivity index (χ2n) is 5.58. The SMILES string of the molecule is CNCC(COC)c1ccc(C(C)(C)C)cc1. The summed E-state index contributed by atoms with van der Waals surface area (Å²) in [5.74, 6) is 0.430. The Hall–Kier alpha value is -0.860. The smallest absolute Gasteiger partial charge is 0.0543 e. The zero-order valence-electron chi connectivity index (χ0n) is 11.7. The van der Waals surface area contributed by atoms with Gasteiger partial charge in [0, 0.05) is 19.6 Å². The molecule has 0 fully saturated rings. The number of benzene rings is 1. The van der Waals surface area contributed by atoms with Crippen molar-refractivity contribution in [3.8, 4) is 0 Å². The molecule has 0 saturated carbocycles. The van der Waals surface area contributed by atoms with Crippen LogP contribution in [0.1, 0.15) is 37.8 Å². The minimum absolute atomic E-state index is 0.221. The maximum Gasteiger partial charge on any atom is 0.0543 e. The van der Waals surface area contributed by atoms with Gasteiger partial charge in [-0.15, -0.1) is 0 Å². The van der Waals surface area contributed by atoms with Crippen LogP contribution in [0.15, 0.2) is 24.3 Å². The Bertz CT molecular complexity index is 318.